The summed E-state index contributed by atoms with van der Waals surface area (Å²) in [5.41, 5.74) is 2.34. The van der Waals surface area contributed by atoms with E-state index in [0.29, 0.717) is 29.9 Å². The molecule has 0 radical (unpaired) electrons. The fourth-order valence-corrected chi connectivity index (χ4v) is 4.84. The normalized spacial score (nSPS) is 13.6. The first-order valence-electron chi connectivity index (χ1n) is 9.08. The number of carbonyl (C=O) groups is 1. The van der Waals surface area contributed by atoms with Gasteiger partial charge in [-0.15, -0.1) is 0 Å². The van der Waals surface area contributed by atoms with Gasteiger partial charge < -0.3 is 5.32 Å². The first-order chi connectivity index (χ1) is 13.9. The molecule has 3 aromatic rings. The quantitative estimate of drug-likeness (QED) is 0.711. The van der Waals surface area contributed by atoms with E-state index in [0.717, 1.165) is 24.1 Å². The summed E-state index contributed by atoms with van der Waals surface area (Å²) in [6.07, 6.45) is 4.47. The Bertz CT molecular complexity index is 1150. The number of benzene rings is 2. The highest BCUT2D eigenvalue weighted by molar-refractivity contribution is 7.92. The molecule has 2 heterocycles. The Labute approximate surface area is 168 Å². The molecule has 148 valence electrons. The van der Waals surface area contributed by atoms with Gasteiger partial charge in [0, 0.05) is 30.2 Å². The summed E-state index contributed by atoms with van der Waals surface area (Å²) in [7, 11) is -3.84. The van der Waals surface area contributed by atoms with E-state index in [1.165, 1.54) is 28.8 Å². The van der Waals surface area contributed by atoms with E-state index >= 15 is 0 Å². The van der Waals surface area contributed by atoms with Gasteiger partial charge in [0.25, 0.3) is 15.9 Å². The lowest BCUT2D eigenvalue weighted by molar-refractivity contribution is 0.102. The maximum absolute atomic E-state index is 13.2. The molecule has 0 aliphatic carbocycles. The van der Waals surface area contributed by atoms with Gasteiger partial charge >= 0.3 is 0 Å². The predicted octanol–water partition coefficient (Wildman–Crippen LogP) is 3.61. The molecule has 1 aliphatic heterocycles. The van der Waals surface area contributed by atoms with E-state index < -0.39 is 15.8 Å². The van der Waals surface area contributed by atoms with Crippen molar-refractivity contribution in [2.24, 2.45) is 0 Å². The van der Waals surface area contributed by atoms with Crippen molar-refractivity contribution in [3.8, 4) is 0 Å². The maximum Gasteiger partial charge on any atom is 0.264 e. The summed E-state index contributed by atoms with van der Waals surface area (Å²) < 4.78 is 40.8. The van der Waals surface area contributed by atoms with Crippen molar-refractivity contribution in [2.45, 2.75) is 17.7 Å². The Morgan fingerprint density at radius 2 is 1.76 bits per heavy atom. The minimum atomic E-state index is -3.84. The molecular formula is C21H18FN3O3S. The van der Waals surface area contributed by atoms with Crippen LogP contribution in [-0.2, 0) is 16.4 Å². The van der Waals surface area contributed by atoms with E-state index in [2.05, 4.69) is 10.3 Å². The summed E-state index contributed by atoms with van der Waals surface area (Å²) in [5, 5.41) is 2.79. The number of rotatable bonds is 4. The molecule has 0 fully saturated rings. The highest BCUT2D eigenvalue weighted by Crippen LogP contribution is 2.34. The van der Waals surface area contributed by atoms with Gasteiger partial charge in [-0.3, -0.25) is 14.1 Å². The van der Waals surface area contributed by atoms with Crippen molar-refractivity contribution in [1.82, 2.24) is 4.98 Å². The molecule has 2 aromatic carbocycles. The molecular weight excluding hydrogens is 393 g/mol. The Morgan fingerprint density at radius 1 is 1.03 bits per heavy atom. The van der Waals surface area contributed by atoms with Crippen molar-refractivity contribution in [3.63, 3.8) is 0 Å². The number of hydrogen-bond donors (Lipinski definition) is 1. The Balaban J connectivity index is 1.67. The first-order valence-corrected chi connectivity index (χ1v) is 10.5. The monoisotopic (exact) mass is 411 g/mol. The summed E-state index contributed by atoms with van der Waals surface area (Å²) in [4.78, 5) is 16.3. The molecule has 6 nitrogen and oxygen atoms in total. The summed E-state index contributed by atoms with van der Waals surface area (Å²) in [5.74, 6) is -0.805. The third-order valence-electron chi connectivity index (χ3n) is 4.76. The third-order valence-corrected chi connectivity index (χ3v) is 6.59. The largest absolute Gasteiger partial charge is 0.322 e. The fourth-order valence-electron chi connectivity index (χ4n) is 3.31. The first kappa shape index (κ1) is 19.1. The average Bonchev–Trinajstić information content (AvgIpc) is 2.74. The third kappa shape index (κ3) is 3.84. The molecule has 8 heteroatoms. The van der Waals surface area contributed by atoms with Crippen LogP contribution in [0.4, 0.5) is 15.8 Å². The summed E-state index contributed by atoms with van der Waals surface area (Å²) in [6, 6.07) is 13.2. The summed E-state index contributed by atoms with van der Waals surface area (Å²) >= 11 is 0. The van der Waals surface area contributed by atoms with Crippen LogP contribution in [0.15, 0.2) is 71.9 Å². The number of amides is 1. The molecule has 1 amide bonds. The van der Waals surface area contributed by atoms with Crippen LogP contribution in [0, 0.1) is 5.82 Å². The predicted molar refractivity (Wildman–Crippen MR) is 108 cm³/mol. The van der Waals surface area contributed by atoms with Gasteiger partial charge in [0.2, 0.25) is 0 Å². The van der Waals surface area contributed by atoms with Crippen molar-refractivity contribution in [3.05, 3.63) is 83.9 Å². The van der Waals surface area contributed by atoms with Gasteiger partial charge in [0.15, 0.2) is 0 Å². The number of aryl methyl sites for hydroxylation is 1. The highest BCUT2D eigenvalue weighted by atomic mass is 32.2. The topological polar surface area (TPSA) is 79.4 Å². The average molecular weight is 411 g/mol. The maximum atomic E-state index is 13.2. The van der Waals surface area contributed by atoms with Gasteiger partial charge in [-0.2, -0.15) is 0 Å². The van der Waals surface area contributed by atoms with Crippen LogP contribution in [0.1, 0.15) is 22.3 Å². The van der Waals surface area contributed by atoms with E-state index in [4.69, 9.17) is 0 Å². The van der Waals surface area contributed by atoms with Crippen LogP contribution in [0.2, 0.25) is 0 Å². The van der Waals surface area contributed by atoms with Crippen molar-refractivity contribution in [1.29, 1.82) is 0 Å². The molecule has 0 bridgehead atoms. The number of halogens is 1. The molecule has 0 saturated heterocycles. The summed E-state index contributed by atoms with van der Waals surface area (Å²) in [6.45, 7) is 0.314. The van der Waals surface area contributed by atoms with Crippen LogP contribution in [0.25, 0.3) is 0 Å². The molecule has 0 atom stereocenters. The lowest BCUT2D eigenvalue weighted by Crippen LogP contribution is -2.35. The Hall–Kier alpha value is -3.26. The van der Waals surface area contributed by atoms with Crippen LogP contribution in [-0.4, -0.2) is 25.9 Å². The Kier molecular flexibility index (Phi) is 5.02. The van der Waals surface area contributed by atoms with Gasteiger partial charge in [-0.25, -0.2) is 12.8 Å². The van der Waals surface area contributed by atoms with E-state index in [-0.39, 0.29) is 10.8 Å². The van der Waals surface area contributed by atoms with E-state index in [1.807, 2.05) is 6.07 Å². The lowest BCUT2D eigenvalue weighted by Gasteiger charge is -2.31. The number of hydrogen-bond acceptors (Lipinski definition) is 4. The second-order valence-electron chi connectivity index (χ2n) is 6.67. The zero-order valence-corrected chi connectivity index (χ0v) is 16.2. The molecule has 0 spiro atoms. The van der Waals surface area contributed by atoms with E-state index in [1.54, 1.807) is 24.3 Å². The second-order valence-corrected chi connectivity index (χ2v) is 8.53. The van der Waals surface area contributed by atoms with Crippen LogP contribution >= 0.6 is 0 Å². The SMILES string of the molecule is O=C(Nc1ccc2c(c1)N(S(=O)(=O)c1ccc(F)cc1)CCC2)c1ccncc1. The molecule has 1 N–H and O–H groups in total. The molecule has 29 heavy (non-hydrogen) atoms. The molecule has 1 aliphatic rings. The number of anilines is 2. The minimum absolute atomic E-state index is 0.0259. The fraction of sp³-hybridized carbons (Fsp3) is 0.143. The number of nitrogens with zero attached hydrogens (tertiary/aromatic N) is 2. The van der Waals surface area contributed by atoms with Gasteiger partial charge in [0.05, 0.1) is 10.6 Å². The standard InChI is InChI=1S/C21H18FN3O3S/c22-17-4-7-19(8-5-17)29(27,28)25-13-1-2-15-3-6-18(14-20(15)25)24-21(26)16-9-11-23-12-10-16/h3-12,14H,1-2,13H2,(H,24,26). The highest BCUT2D eigenvalue weighted by Gasteiger charge is 2.29. The number of pyridine rings is 1. The van der Waals surface area contributed by atoms with Crippen LogP contribution in [0.5, 0.6) is 0 Å². The Morgan fingerprint density at radius 3 is 2.48 bits per heavy atom. The minimum Gasteiger partial charge on any atom is -0.322 e. The zero-order valence-electron chi connectivity index (χ0n) is 15.4. The molecule has 4 rings (SSSR count). The van der Waals surface area contributed by atoms with Gasteiger partial charge in [-0.1, -0.05) is 6.07 Å². The lowest BCUT2D eigenvalue weighted by atomic mass is 10.0. The second kappa shape index (κ2) is 7.63. The molecule has 0 unspecified atom stereocenters. The zero-order chi connectivity index (χ0) is 20.4. The van der Waals surface area contributed by atoms with Crippen LogP contribution < -0.4 is 9.62 Å². The van der Waals surface area contributed by atoms with Gasteiger partial charge in [-0.05, 0) is 66.9 Å². The molecule has 0 saturated carbocycles. The molecule has 1 aromatic heterocycles. The van der Waals surface area contributed by atoms with E-state index in [9.17, 15) is 17.6 Å². The number of carbonyl (C=O) groups excluding carboxylic acids is 1. The van der Waals surface area contributed by atoms with Gasteiger partial charge in [0.1, 0.15) is 5.82 Å². The van der Waals surface area contributed by atoms with Crippen molar-refractivity contribution in [2.75, 3.05) is 16.2 Å². The number of aromatic nitrogens is 1. The number of sulfonamides is 1. The number of fused-ring (bicyclic) bond motifs is 1. The smallest absolute Gasteiger partial charge is 0.264 e. The number of nitrogens with one attached hydrogen (secondary N) is 1. The van der Waals surface area contributed by atoms with Crippen molar-refractivity contribution < 1.29 is 17.6 Å². The van der Waals surface area contributed by atoms with Crippen molar-refractivity contribution >= 4 is 27.3 Å². The van der Waals surface area contributed by atoms with Crippen LogP contribution in [0.3, 0.4) is 0 Å².